The van der Waals surface area contributed by atoms with E-state index in [2.05, 4.69) is 24.0 Å². The van der Waals surface area contributed by atoms with Gasteiger partial charge in [0.25, 0.3) is 5.91 Å². The van der Waals surface area contributed by atoms with Gasteiger partial charge in [0.1, 0.15) is 0 Å². The smallest absolute Gasteiger partial charge is 0.257 e. The summed E-state index contributed by atoms with van der Waals surface area (Å²) in [6.45, 7) is 6.06. The van der Waals surface area contributed by atoms with Crippen LogP contribution in [0.15, 0.2) is 12.4 Å². The Hall–Kier alpha value is -1.36. The number of methoxy groups -OCH3 is 1. The van der Waals surface area contributed by atoms with E-state index in [4.69, 9.17) is 4.74 Å². The first kappa shape index (κ1) is 12.7. The van der Waals surface area contributed by atoms with Gasteiger partial charge < -0.3 is 9.64 Å². The molecule has 16 heavy (non-hydrogen) atoms. The second-order valence-electron chi connectivity index (χ2n) is 4.12. The lowest BCUT2D eigenvalue weighted by atomic mass is 10.2. The van der Waals surface area contributed by atoms with Crippen molar-refractivity contribution < 1.29 is 9.53 Å². The van der Waals surface area contributed by atoms with Crippen molar-refractivity contribution in [1.82, 2.24) is 15.1 Å². The van der Waals surface area contributed by atoms with E-state index in [1.54, 1.807) is 24.4 Å². The zero-order valence-electron chi connectivity index (χ0n) is 10.1. The van der Waals surface area contributed by atoms with Gasteiger partial charge in [0.15, 0.2) is 0 Å². The second-order valence-corrected chi connectivity index (χ2v) is 4.12. The highest BCUT2D eigenvalue weighted by molar-refractivity contribution is 5.93. The number of carbonyl (C=O) groups excluding carboxylic acids is 1. The summed E-state index contributed by atoms with van der Waals surface area (Å²) in [7, 11) is 1.63. The Labute approximate surface area is 95.8 Å². The van der Waals surface area contributed by atoms with Crippen molar-refractivity contribution >= 4 is 5.91 Å². The Morgan fingerprint density at radius 3 is 2.88 bits per heavy atom. The summed E-state index contributed by atoms with van der Waals surface area (Å²) in [6, 6.07) is 0. The van der Waals surface area contributed by atoms with Crippen LogP contribution in [0.1, 0.15) is 24.2 Å². The molecule has 5 heteroatoms. The minimum absolute atomic E-state index is 0.000463. The normalized spacial score (nSPS) is 10.8. The monoisotopic (exact) mass is 225 g/mol. The van der Waals surface area contributed by atoms with Crippen molar-refractivity contribution in [2.75, 3.05) is 26.8 Å². The molecule has 1 rings (SSSR count). The van der Waals surface area contributed by atoms with Crippen molar-refractivity contribution in [2.24, 2.45) is 5.92 Å². The minimum atomic E-state index is -0.000463. The van der Waals surface area contributed by atoms with Crippen molar-refractivity contribution in [1.29, 1.82) is 0 Å². The van der Waals surface area contributed by atoms with Crippen LogP contribution in [0.2, 0.25) is 0 Å². The van der Waals surface area contributed by atoms with Crippen LogP contribution in [0.5, 0.6) is 0 Å². The van der Waals surface area contributed by atoms with Crippen molar-refractivity contribution in [3.8, 4) is 0 Å². The fraction of sp³-hybridized carbons (Fsp3) is 0.636. The fourth-order valence-corrected chi connectivity index (χ4v) is 1.47. The van der Waals surface area contributed by atoms with Crippen LogP contribution in [-0.2, 0) is 4.74 Å². The van der Waals surface area contributed by atoms with Gasteiger partial charge in [-0.2, -0.15) is 5.10 Å². The zero-order chi connectivity index (χ0) is 12.0. The molecule has 0 unspecified atom stereocenters. The van der Waals surface area contributed by atoms with Gasteiger partial charge in [-0.15, -0.1) is 0 Å². The lowest BCUT2D eigenvalue weighted by molar-refractivity contribution is 0.0672. The first-order chi connectivity index (χ1) is 7.65. The van der Waals surface area contributed by atoms with Crippen LogP contribution in [-0.4, -0.2) is 47.8 Å². The third kappa shape index (κ3) is 3.66. The Morgan fingerprint density at radius 2 is 2.38 bits per heavy atom. The molecule has 1 heterocycles. The van der Waals surface area contributed by atoms with Crippen LogP contribution in [0.4, 0.5) is 0 Å². The predicted octanol–water partition coefficient (Wildman–Crippen LogP) is 1.15. The van der Waals surface area contributed by atoms with E-state index in [9.17, 15) is 4.79 Å². The first-order valence-corrected chi connectivity index (χ1v) is 5.42. The fourth-order valence-electron chi connectivity index (χ4n) is 1.47. The molecule has 0 bridgehead atoms. The number of rotatable bonds is 6. The van der Waals surface area contributed by atoms with E-state index < -0.39 is 0 Å². The predicted molar refractivity (Wildman–Crippen MR) is 61.2 cm³/mol. The number of aromatic nitrogens is 2. The Morgan fingerprint density at radius 1 is 1.62 bits per heavy atom. The largest absolute Gasteiger partial charge is 0.383 e. The third-order valence-electron chi connectivity index (χ3n) is 2.18. The van der Waals surface area contributed by atoms with Crippen LogP contribution in [0.3, 0.4) is 0 Å². The second kappa shape index (κ2) is 6.27. The third-order valence-corrected chi connectivity index (χ3v) is 2.18. The number of hydrogen-bond donors (Lipinski definition) is 1. The molecule has 1 aromatic rings. The van der Waals surface area contributed by atoms with Gasteiger partial charge in [0.2, 0.25) is 0 Å². The SMILES string of the molecule is COCCN(CC(C)C)C(=O)c1cn[nH]c1. The molecule has 0 radical (unpaired) electrons. The van der Waals surface area contributed by atoms with Crippen LogP contribution in [0.25, 0.3) is 0 Å². The molecule has 0 aliphatic heterocycles. The Kier molecular flexibility index (Phi) is 4.98. The van der Waals surface area contributed by atoms with E-state index in [1.807, 2.05) is 0 Å². The van der Waals surface area contributed by atoms with Crippen LogP contribution < -0.4 is 0 Å². The molecule has 0 fully saturated rings. The average Bonchev–Trinajstić information content (AvgIpc) is 2.76. The number of nitrogens with one attached hydrogen (secondary N) is 1. The number of carbonyl (C=O) groups is 1. The summed E-state index contributed by atoms with van der Waals surface area (Å²) >= 11 is 0. The number of H-pyrrole nitrogens is 1. The number of amides is 1. The zero-order valence-corrected chi connectivity index (χ0v) is 10.1. The standard InChI is InChI=1S/C11H19N3O2/c1-9(2)8-14(4-5-16-3)11(15)10-6-12-13-7-10/h6-7,9H,4-5,8H2,1-3H3,(H,12,13). The molecule has 90 valence electrons. The lowest BCUT2D eigenvalue weighted by Crippen LogP contribution is -2.36. The molecular weight excluding hydrogens is 206 g/mol. The molecule has 0 aliphatic carbocycles. The molecule has 1 aromatic heterocycles. The lowest BCUT2D eigenvalue weighted by Gasteiger charge is -2.23. The number of nitrogens with zero attached hydrogens (tertiary/aromatic N) is 2. The topological polar surface area (TPSA) is 58.2 Å². The number of hydrogen-bond acceptors (Lipinski definition) is 3. The van der Waals surface area contributed by atoms with E-state index in [0.29, 0.717) is 24.6 Å². The average molecular weight is 225 g/mol. The minimum Gasteiger partial charge on any atom is -0.383 e. The molecule has 0 aromatic carbocycles. The number of ether oxygens (including phenoxy) is 1. The molecule has 5 nitrogen and oxygen atoms in total. The Bertz CT molecular complexity index is 309. The number of aromatic amines is 1. The van der Waals surface area contributed by atoms with E-state index in [-0.39, 0.29) is 5.91 Å². The molecule has 1 N–H and O–H groups in total. The highest BCUT2D eigenvalue weighted by atomic mass is 16.5. The van der Waals surface area contributed by atoms with Crippen molar-refractivity contribution in [3.63, 3.8) is 0 Å². The van der Waals surface area contributed by atoms with Crippen molar-refractivity contribution in [3.05, 3.63) is 18.0 Å². The molecule has 0 atom stereocenters. The van der Waals surface area contributed by atoms with Gasteiger partial charge in [-0.25, -0.2) is 0 Å². The van der Waals surface area contributed by atoms with Gasteiger partial charge in [0, 0.05) is 26.4 Å². The van der Waals surface area contributed by atoms with Gasteiger partial charge in [-0.1, -0.05) is 13.8 Å². The van der Waals surface area contributed by atoms with Crippen LogP contribution in [0, 0.1) is 5.92 Å². The molecule has 0 aliphatic rings. The summed E-state index contributed by atoms with van der Waals surface area (Å²) in [4.78, 5) is 13.8. The molecule has 0 saturated heterocycles. The van der Waals surface area contributed by atoms with E-state index >= 15 is 0 Å². The highest BCUT2D eigenvalue weighted by Crippen LogP contribution is 2.05. The molecule has 0 saturated carbocycles. The maximum absolute atomic E-state index is 12.1. The summed E-state index contributed by atoms with van der Waals surface area (Å²) in [5, 5.41) is 6.43. The maximum atomic E-state index is 12.1. The summed E-state index contributed by atoms with van der Waals surface area (Å²) in [5.74, 6) is 0.437. The molecular formula is C11H19N3O2. The van der Waals surface area contributed by atoms with Gasteiger partial charge in [-0.3, -0.25) is 9.89 Å². The summed E-state index contributed by atoms with van der Waals surface area (Å²) in [5.41, 5.74) is 0.594. The van der Waals surface area contributed by atoms with E-state index in [1.165, 1.54) is 0 Å². The van der Waals surface area contributed by atoms with Crippen LogP contribution >= 0.6 is 0 Å². The van der Waals surface area contributed by atoms with Crippen molar-refractivity contribution in [2.45, 2.75) is 13.8 Å². The molecule has 0 spiro atoms. The maximum Gasteiger partial charge on any atom is 0.257 e. The summed E-state index contributed by atoms with van der Waals surface area (Å²) in [6.07, 6.45) is 3.16. The van der Waals surface area contributed by atoms with Gasteiger partial charge in [-0.05, 0) is 5.92 Å². The highest BCUT2D eigenvalue weighted by Gasteiger charge is 2.17. The quantitative estimate of drug-likeness (QED) is 0.790. The Balaban J connectivity index is 2.64. The van der Waals surface area contributed by atoms with Gasteiger partial charge in [0.05, 0.1) is 18.4 Å². The summed E-state index contributed by atoms with van der Waals surface area (Å²) < 4.78 is 5.00. The van der Waals surface area contributed by atoms with Gasteiger partial charge >= 0.3 is 0 Å². The first-order valence-electron chi connectivity index (χ1n) is 5.42. The molecule has 1 amide bonds. The van der Waals surface area contributed by atoms with E-state index in [0.717, 1.165) is 6.54 Å².